The molecule has 96 valence electrons. The van der Waals surface area contributed by atoms with Crippen LogP contribution in [-0.2, 0) is 9.84 Å². The van der Waals surface area contributed by atoms with E-state index in [1.807, 2.05) is 20.8 Å². The first kappa shape index (κ1) is 14.4. The van der Waals surface area contributed by atoms with Crippen LogP contribution in [0.3, 0.4) is 0 Å². The van der Waals surface area contributed by atoms with Gasteiger partial charge in [0.05, 0.1) is 5.25 Å². The molecule has 0 amide bonds. The molecule has 0 aliphatic rings. The lowest BCUT2D eigenvalue weighted by Gasteiger charge is -2.09. The van der Waals surface area contributed by atoms with Crippen LogP contribution in [0.1, 0.15) is 40.4 Å². The highest BCUT2D eigenvalue weighted by atomic mass is 32.2. The second-order valence-corrected chi connectivity index (χ2v) is 8.16. The highest BCUT2D eigenvalue weighted by Crippen LogP contribution is 2.22. The molecule has 5 heteroatoms. The molecule has 1 aromatic heterocycles. The Morgan fingerprint density at radius 1 is 1.41 bits per heavy atom. The third kappa shape index (κ3) is 3.39. The summed E-state index contributed by atoms with van der Waals surface area (Å²) in [4.78, 5) is 13.9. The Morgan fingerprint density at radius 3 is 2.41 bits per heavy atom. The molecule has 0 aliphatic carbocycles. The average Bonchev–Trinajstić information content (AvgIpc) is 2.56. The largest absolute Gasteiger partial charge is 0.293 e. The number of carbonyl (C=O) groups excluding carboxylic acids is 1. The molecule has 0 N–H and O–H groups in total. The van der Waals surface area contributed by atoms with Crippen molar-refractivity contribution in [1.82, 2.24) is 0 Å². The number of rotatable bonds is 5. The normalized spacial score (nSPS) is 13.6. The van der Waals surface area contributed by atoms with Gasteiger partial charge < -0.3 is 0 Å². The van der Waals surface area contributed by atoms with Crippen molar-refractivity contribution in [2.45, 2.75) is 39.4 Å². The van der Waals surface area contributed by atoms with Crippen molar-refractivity contribution >= 4 is 27.0 Å². The summed E-state index contributed by atoms with van der Waals surface area (Å²) in [6.07, 6.45) is 0.539. The number of ketones is 1. The van der Waals surface area contributed by atoms with Crippen LogP contribution in [-0.4, -0.2) is 25.2 Å². The lowest BCUT2D eigenvalue weighted by molar-refractivity contribution is 0.102. The van der Waals surface area contributed by atoms with Crippen molar-refractivity contribution in [3.8, 4) is 0 Å². The van der Waals surface area contributed by atoms with Crippen LogP contribution in [0.5, 0.6) is 0 Å². The summed E-state index contributed by atoms with van der Waals surface area (Å²) in [7, 11) is -3.31. The van der Waals surface area contributed by atoms with Crippen molar-refractivity contribution in [2.75, 3.05) is 5.75 Å². The van der Waals surface area contributed by atoms with E-state index in [2.05, 4.69) is 0 Å². The highest BCUT2D eigenvalue weighted by molar-refractivity contribution is 7.92. The molecule has 17 heavy (non-hydrogen) atoms. The Morgan fingerprint density at radius 2 is 2.00 bits per heavy atom. The molecule has 1 unspecified atom stereocenters. The predicted molar refractivity (Wildman–Crippen MR) is 71.7 cm³/mol. The first-order chi connectivity index (χ1) is 7.77. The van der Waals surface area contributed by atoms with Gasteiger partial charge >= 0.3 is 0 Å². The molecule has 0 spiro atoms. The lowest BCUT2D eigenvalue weighted by Crippen LogP contribution is -2.25. The maximum absolute atomic E-state index is 11.9. The number of sulfone groups is 1. The quantitative estimate of drug-likeness (QED) is 0.776. The van der Waals surface area contributed by atoms with Gasteiger partial charge in [0.1, 0.15) is 5.75 Å². The number of aryl methyl sites for hydroxylation is 2. The minimum atomic E-state index is -3.31. The van der Waals surface area contributed by atoms with Crippen molar-refractivity contribution < 1.29 is 13.2 Å². The van der Waals surface area contributed by atoms with Crippen LogP contribution in [0.4, 0.5) is 0 Å². The van der Waals surface area contributed by atoms with Gasteiger partial charge in [0, 0.05) is 15.3 Å². The minimum absolute atomic E-state index is 0.285. The summed E-state index contributed by atoms with van der Waals surface area (Å²) in [5, 5.41) is -0.452. The molecule has 0 saturated carbocycles. The summed E-state index contributed by atoms with van der Waals surface area (Å²) >= 11 is 1.52. The van der Waals surface area contributed by atoms with Gasteiger partial charge in [0.25, 0.3) is 0 Å². The third-order valence-corrected chi connectivity index (χ3v) is 6.05. The van der Waals surface area contributed by atoms with Crippen LogP contribution in [0.2, 0.25) is 0 Å². The van der Waals surface area contributed by atoms with Gasteiger partial charge in [-0.3, -0.25) is 4.79 Å². The van der Waals surface area contributed by atoms with Gasteiger partial charge in [0.15, 0.2) is 15.6 Å². The first-order valence-electron chi connectivity index (χ1n) is 5.59. The maximum atomic E-state index is 11.9. The summed E-state index contributed by atoms with van der Waals surface area (Å²) in [6, 6.07) is 1.77. The van der Waals surface area contributed by atoms with Gasteiger partial charge in [-0.05, 0) is 33.3 Å². The Balaban J connectivity index is 2.91. The van der Waals surface area contributed by atoms with Crippen LogP contribution in [0.25, 0.3) is 0 Å². The number of thiophene rings is 1. The lowest BCUT2D eigenvalue weighted by atomic mass is 10.2. The maximum Gasteiger partial charge on any atom is 0.178 e. The Hall–Kier alpha value is -0.680. The molecular formula is C12H18O3S2. The molecule has 1 rings (SSSR count). The molecule has 0 saturated heterocycles. The molecule has 0 bridgehead atoms. The zero-order valence-electron chi connectivity index (χ0n) is 10.6. The predicted octanol–water partition coefficient (Wildman–Crippen LogP) is 2.76. The number of hydrogen-bond donors (Lipinski definition) is 0. The number of hydrogen-bond acceptors (Lipinski definition) is 4. The summed E-state index contributed by atoms with van der Waals surface area (Å²) in [5.74, 6) is -0.661. The van der Waals surface area contributed by atoms with Crippen LogP contribution in [0.15, 0.2) is 6.07 Å². The SMILES string of the molecule is CCC(C)S(=O)(=O)CC(=O)c1cc(C)sc1C. The standard InChI is InChI=1S/C12H18O3S2/c1-5-9(3)17(14,15)7-12(13)11-6-8(2)16-10(11)4/h6,9H,5,7H2,1-4H3. The van der Waals surface area contributed by atoms with E-state index >= 15 is 0 Å². The average molecular weight is 274 g/mol. The molecule has 0 radical (unpaired) electrons. The first-order valence-corrected chi connectivity index (χ1v) is 8.13. The summed E-state index contributed by atoms with van der Waals surface area (Å²) in [6.45, 7) is 7.22. The van der Waals surface area contributed by atoms with Crippen molar-refractivity contribution in [2.24, 2.45) is 0 Å². The van der Waals surface area contributed by atoms with E-state index in [1.54, 1.807) is 13.0 Å². The smallest absolute Gasteiger partial charge is 0.178 e. The molecule has 1 aromatic rings. The van der Waals surface area contributed by atoms with Crippen LogP contribution < -0.4 is 0 Å². The van der Waals surface area contributed by atoms with Crippen LogP contribution >= 0.6 is 11.3 Å². The van der Waals surface area contributed by atoms with Gasteiger partial charge in [-0.15, -0.1) is 11.3 Å². The summed E-state index contributed by atoms with van der Waals surface area (Å²) in [5.41, 5.74) is 0.555. The Kier molecular flexibility index (Phi) is 4.49. The molecule has 3 nitrogen and oxygen atoms in total. The van der Waals surface area contributed by atoms with Gasteiger partial charge in [-0.25, -0.2) is 8.42 Å². The third-order valence-electron chi connectivity index (χ3n) is 2.86. The van der Waals surface area contributed by atoms with E-state index < -0.39 is 15.1 Å². The minimum Gasteiger partial charge on any atom is -0.293 e. The van der Waals surface area contributed by atoms with E-state index in [9.17, 15) is 13.2 Å². The van der Waals surface area contributed by atoms with Gasteiger partial charge in [-0.2, -0.15) is 0 Å². The molecule has 1 atom stereocenters. The van der Waals surface area contributed by atoms with Crippen molar-refractivity contribution in [3.63, 3.8) is 0 Å². The van der Waals surface area contributed by atoms with E-state index in [4.69, 9.17) is 0 Å². The molecule has 0 aromatic carbocycles. The van der Waals surface area contributed by atoms with Crippen molar-refractivity contribution in [3.05, 3.63) is 21.4 Å². The van der Waals surface area contributed by atoms with E-state index in [0.29, 0.717) is 12.0 Å². The molecule has 0 fully saturated rings. The van der Waals surface area contributed by atoms with E-state index in [1.165, 1.54) is 11.3 Å². The zero-order valence-corrected chi connectivity index (χ0v) is 12.2. The number of carbonyl (C=O) groups is 1. The van der Waals surface area contributed by atoms with Crippen molar-refractivity contribution in [1.29, 1.82) is 0 Å². The molecular weight excluding hydrogens is 256 g/mol. The fraction of sp³-hybridized carbons (Fsp3) is 0.583. The molecule has 1 heterocycles. The molecule has 0 aliphatic heterocycles. The van der Waals surface area contributed by atoms with E-state index in [-0.39, 0.29) is 11.5 Å². The Labute approximate surface area is 107 Å². The fourth-order valence-corrected chi connectivity index (χ4v) is 3.82. The van der Waals surface area contributed by atoms with Gasteiger partial charge in [-0.1, -0.05) is 6.92 Å². The topological polar surface area (TPSA) is 51.2 Å². The second kappa shape index (κ2) is 5.31. The van der Waals surface area contributed by atoms with Crippen LogP contribution in [0, 0.1) is 13.8 Å². The second-order valence-electron chi connectivity index (χ2n) is 4.28. The fourth-order valence-electron chi connectivity index (χ4n) is 1.56. The number of Topliss-reactive ketones (excluding diaryl/α,β-unsaturated/α-hetero) is 1. The van der Waals surface area contributed by atoms with Gasteiger partial charge in [0.2, 0.25) is 0 Å². The highest BCUT2D eigenvalue weighted by Gasteiger charge is 2.24. The zero-order chi connectivity index (χ0) is 13.2. The summed E-state index contributed by atoms with van der Waals surface area (Å²) < 4.78 is 23.7. The van der Waals surface area contributed by atoms with E-state index in [0.717, 1.165) is 9.75 Å². The Bertz CT molecular complexity index is 512. The monoisotopic (exact) mass is 274 g/mol.